The van der Waals surface area contributed by atoms with Gasteiger partial charge in [0.1, 0.15) is 13.2 Å². The van der Waals surface area contributed by atoms with Crippen molar-refractivity contribution in [2.24, 2.45) is 0 Å². The van der Waals surface area contributed by atoms with Crippen LogP contribution in [0.2, 0.25) is 5.02 Å². The van der Waals surface area contributed by atoms with Crippen molar-refractivity contribution in [3.05, 3.63) is 52.5 Å². The summed E-state index contributed by atoms with van der Waals surface area (Å²) in [4.78, 5) is 13.7. The van der Waals surface area contributed by atoms with Gasteiger partial charge in [0.15, 0.2) is 11.5 Å². The lowest BCUT2D eigenvalue weighted by atomic mass is 10.1. The van der Waals surface area contributed by atoms with Gasteiger partial charge in [-0.1, -0.05) is 23.7 Å². The summed E-state index contributed by atoms with van der Waals surface area (Å²) in [5.74, 6) is 1.56. The van der Waals surface area contributed by atoms with Crippen molar-refractivity contribution in [1.29, 1.82) is 0 Å². The van der Waals surface area contributed by atoms with E-state index in [0.717, 1.165) is 30.8 Å². The molecule has 0 radical (unpaired) electrons. The van der Waals surface area contributed by atoms with E-state index in [1.807, 2.05) is 29.2 Å². The molecule has 0 spiro atoms. The first-order chi connectivity index (χ1) is 12.7. The zero-order valence-electron chi connectivity index (χ0n) is 14.5. The minimum atomic E-state index is 0.214. The summed E-state index contributed by atoms with van der Waals surface area (Å²) in [7, 11) is 0. The van der Waals surface area contributed by atoms with E-state index in [9.17, 15) is 4.79 Å². The van der Waals surface area contributed by atoms with Crippen LogP contribution in [0.25, 0.3) is 0 Å². The normalized spacial score (nSPS) is 16.2. The van der Waals surface area contributed by atoms with Gasteiger partial charge in [-0.05, 0) is 41.8 Å². The number of ether oxygens (including phenoxy) is 2. The first-order valence-electron chi connectivity index (χ1n) is 8.89. The van der Waals surface area contributed by atoms with Gasteiger partial charge in [-0.2, -0.15) is 0 Å². The van der Waals surface area contributed by atoms with Crippen LogP contribution >= 0.6 is 11.6 Å². The summed E-state index contributed by atoms with van der Waals surface area (Å²) in [6.45, 7) is 3.32. The number of carbonyl (C=O) groups excluding carboxylic acids is 1. The van der Waals surface area contributed by atoms with Crippen molar-refractivity contribution >= 4 is 23.2 Å². The summed E-state index contributed by atoms with van der Waals surface area (Å²) in [5, 5.41) is 4.00. The fourth-order valence-electron chi connectivity index (χ4n) is 3.33. The summed E-state index contributed by atoms with van der Waals surface area (Å²) < 4.78 is 11.1. The molecule has 0 atom stereocenters. The van der Waals surface area contributed by atoms with E-state index < -0.39 is 0 Å². The molecule has 1 N–H and O–H groups in total. The molecule has 0 aromatic heterocycles. The van der Waals surface area contributed by atoms with Crippen LogP contribution in [0.5, 0.6) is 11.5 Å². The molecule has 5 nitrogen and oxygen atoms in total. The van der Waals surface area contributed by atoms with Crippen LogP contribution in [0, 0.1) is 0 Å². The molecule has 6 heteroatoms. The van der Waals surface area contributed by atoms with Gasteiger partial charge in [-0.3, -0.25) is 4.79 Å². The molecular formula is C20H21ClN2O3. The van der Waals surface area contributed by atoms with E-state index in [-0.39, 0.29) is 5.91 Å². The van der Waals surface area contributed by atoms with E-state index >= 15 is 0 Å². The molecule has 2 aliphatic rings. The number of benzene rings is 2. The second-order valence-electron chi connectivity index (χ2n) is 6.52. The smallest absolute Gasteiger partial charge is 0.227 e. The lowest BCUT2D eigenvalue weighted by molar-refractivity contribution is -0.117. The zero-order valence-corrected chi connectivity index (χ0v) is 15.2. The molecule has 2 heterocycles. The molecule has 2 aromatic carbocycles. The van der Waals surface area contributed by atoms with Crippen LogP contribution in [0.15, 0.2) is 36.4 Å². The fraction of sp³-hybridized carbons (Fsp3) is 0.350. The Morgan fingerprint density at radius 2 is 1.81 bits per heavy atom. The average Bonchev–Trinajstić information content (AvgIpc) is 3.08. The third-order valence-electron chi connectivity index (χ3n) is 4.64. The lowest BCUT2D eigenvalue weighted by Crippen LogP contribution is -2.23. The Morgan fingerprint density at radius 3 is 2.58 bits per heavy atom. The predicted octanol–water partition coefficient (Wildman–Crippen LogP) is 3.53. The highest BCUT2D eigenvalue weighted by Gasteiger charge is 2.21. The van der Waals surface area contributed by atoms with E-state index in [1.165, 1.54) is 5.56 Å². The summed E-state index contributed by atoms with van der Waals surface area (Å²) in [5.41, 5.74) is 3.21. The number of halogens is 1. The fourth-order valence-corrected chi connectivity index (χ4v) is 3.62. The van der Waals surface area contributed by atoms with Gasteiger partial charge in [0.2, 0.25) is 5.91 Å². The third kappa shape index (κ3) is 3.64. The van der Waals surface area contributed by atoms with Crippen molar-refractivity contribution in [2.45, 2.75) is 25.9 Å². The maximum absolute atomic E-state index is 11.8. The molecule has 26 heavy (non-hydrogen) atoms. The van der Waals surface area contributed by atoms with Gasteiger partial charge in [-0.15, -0.1) is 0 Å². The van der Waals surface area contributed by atoms with Crippen molar-refractivity contribution < 1.29 is 14.3 Å². The van der Waals surface area contributed by atoms with Crippen LogP contribution in [0.3, 0.4) is 0 Å². The number of anilines is 1. The molecule has 1 fully saturated rings. The molecular weight excluding hydrogens is 352 g/mol. The number of carbonyl (C=O) groups is 1. The van der Waals surface area contributed by atoms with Crippen LogP contribution in [-0.2, 0) is 17.9 Å². The third-order valence-corrected chi connectivity index (χ3v) is 4.92. The molecule has 1 saturated heterocycles. The van der Waals surface area contributed by atoms with Crippen LogP contribution < -0.4 is 19.7 Å². The van der Waals surface area contributed by atoms with Gasteiger partial charge in [0, 0.05) is 31.7 Å². The molecule has 136 valence electrons. The van der Waals surface area contributed by atoms with Crippen LogP contribution in [0.4, 0.5) is 5.69 Å². The SMILES string of the molecule is O=C1CCCN1c1ccc(CNCc2cc(Cl)c3c(c2)OCCO3)cc1. The minimum absolute atomic E-state index is 0.214. The Kier molecular flexibility index (Phi) is 5.00. The van der Waals surface area contributed by atoms with E-state index in [1.54, 1.807) is 0 Å². The lowest BCUT2D eigenvalue weighted by Gasteiger charge is -2.20. The Morgan fingerprint density at radius 1 is 1.04 bits per heavy atom. The molecule has 1 amide bonds. The first kappa shape index (κ1) is 17.2. The second kappa shape index (κ2) is 7.56. The number of nitrogens with one attached hydrogen (secondary N) is 1. The van der Waals surface area contributed by atoms with Gasteiger partial charge in [0.25, 0.3) is 0 Å². The summed E-state index contributed by atoms with van der Waals surface area (Å²) >= 11 is 6.27. The molecule has 0 aliphatic carbocycles. The molecule has 2 aliphatic heterocycles. The topological polar surface area (TPSA) is 50.8 Å². The molecule has 4 rings (SSSR count). The molecule has 2 aromatic rings. The largest absolute Gasteiger partial charge is 0.486 e. The number of amides is 1. The molecule has 0 bridgehead atoms. The minimum Gasteiger partial charge on any atom is -0.486 e. The number of fused-ring (bicyclic) bond motifs is 1. The Hall–Kier alpha value is -2.24. The highest BCUT2D eigenvalue weighted by molar-refractivity contribution is 6.32. The predicted molar refractivity (Wildman–Crippen MR) is 101 cm³/mol. The second-order valence-corrected chi connectivity index (χ2v) is 6.93. The maximum atomic E-state index is 11.8. The first-order valence-corrected chi connectivity index (χ1v) is 9.26. The van der Waals surface area contributed by atoms with E-state index in [4.69, 9.17) is 21.1 Å². The zero-order chi connectivity index (χ0) is 17.9. The van der Waals surface area contributed by atoms with Gasteiger partial charge in [-0.25, -0.2) is 0 Å². The highest BCUT2D eigenvalue weighted by atomic mass is 35.5. The summed E-state index contributed by atoms with van der Waals surface area (Å²) in [6, 6.07) is 12.0. The summed E-state index contributed by atoms with van der Waals surface area (Å²) in [6.07, 6.45) is 1.60. The maximum Gasteiger partial charge on any atom is 0.227 e. The Labute approximate surface area is 157 Å². The van der Waals surface area contributed by atoms with Crippen molar-refractivity contribution in [2.75, 3.05) is 24.7 Å². The number of rotatable bonds is 5. The number of hydrogen-bond acceptors (Lipinski definition) is 4. The quantitative estimate of drug-likeness (QED) is 0.872. The van der Waals surface area contributed by atoms with E-state index in [0.29, 0.717) is 42.7 Å². The Bertz CT molecular complexity index is 807. The standard InChI is InChI=1S/C20H21ClN2O3/c21-17-10-15(11-18-20(17)26-9-8-25-18)13-22-12-14-3-5-16(6-4-14)23-7-1-2-19(23)24/h3-6,10-11,22H,1-2,7-9,12-13H2. The van der Waals surface area contributed by atoms with Crippen LogP contribution in [0.1, 0.15) is 24.0 Å². The van der Waals surface area contributed by atoms with Gasteiger partial charge < -0.3 is 19.7 Å². The number of nitrogens with zero attached hydrogens (tertiary/aromatic N) is 1. The highest BCUT2D eigenvalue weighted by Crippen LogP contribution is 2.38. The monoisotopic (exact) mass is 372 g/mol. The van der Waals surface area contributed by atoms with Crippen molar-refractivity contribution in [1.82, 2.24) is 5.32 Å². The van der Waals surface area contributed by atoms with E-state index in [2.05, 4.69) is 17.4 Å². The van der Waals surface area contributed by atoms with Gasteiger partial charge >= 0.3 is 0 Å². The number of hydrogen-bond donors (Lipinski definition) is 1. The molecule has 0 unspecified atom stereocenters. The average molecular weight is 373 g/mol. The van der Waals surface area contributed by atoms with Crippen LogP contribution in [-0.4, -0.2) is 25.7 Å². The van der Waals surface area contributed by atoms with Gasteiger partial charge in [0.05, 0.1) is 5.02 Å². The Balaban J connectivity index is 1.35. The van der Waals surface area contributed by atoms with Crippen molar-refractivity contribution in [3.8, 4) is 11.5 Å². The van der Waals surface area contributed by atoms with Crippen molar-refractivity contribution in [3.63, 3.8) is 0 Å². The molecule has 0 saturated carbocycles.